The minimum Gasteiger partial charge on any atom is -0.390 e. The van der Waals surface area contributed by atoms with Gasteiger partial charge in [0.25, 0.3) is 0 Å². The van der Waals surface area contributed by atoms with Crippen molar-refractivity contribution >= 4 is 0 Å². The predicted molar refractivity (Wildman–Crippen MR) is 75.8 cm³/mol. The monoisotopic (exact) mass is 266 g/mol. The Morgan fingerprint density at radius 3 is 2.84 bits per heavy atom. The zero-order valence-corrected chi connectivity index (χ0v) is 12.0. The number of aliphatic hydroxyl groups is 1. The van der Waals surface area contributed by atoms with Crippen LogP contribution in [0.15, 0.2) is 12.5 Å². The van der Waals surface area contributed by atoms with Crippen LogP contribution in [0.2, 0.25) is 0 Å². The molecule has 1 aromatic heterocycles. The Hall–Kier alpha value is -0.910. The van der Waals surface area contributed by atoms with Crippen LogP contribution in [0.5, 0.6) is 0 Å². The topological polar surface area (TPSA) is 53.3 Å². The van der Waals surface area contributed by atoms with E-state index in [4.69, 9.17) is 0 Å². The summed E-state index contributed by atoms with van der Waals surface area (Å²) in [6, 6.07) is 0. The van der Waals surface area contributed by atoms with Crippen molar-refractivity contribution in [2.75, 3.05) is 26.2 Å². The van der Waals surface area contributed by atoms with Gasteiger partial charge in [-0.3, -0.25) is 0 Å². The smallest absolute Gasteiger partial charge is 0.0945 e. The average Bonchev–Trinajstić information content (AvgIpc) is 2.78. The lowest BCUT2D eigenvalue weighted by molar-refractivity contribution is 0.0906. The molecule has 0 aliphatic carbocycles. The van der Waals surface area contributed by atoms with E-state index < -0.39 is 0 Å². The van der Waals surface area contributed by atoms with E-state index in [0.717, 1.165) is 37.8 Å². The van der Waals surface area contributed by atoms with Gasteiger partial charge in [0.15, 0.2) is 0 Å². The number of aliphatic hydroxyl groups excluding tert-OH is 1. The molecular formula is C14H26N4O. The first-order valence-electron chi connectivity index (χ1n) is 7.21. The molecule has 5 heteroatoms. The molecule has 0 amide bonds. The molecule has 1 aliphatic heterocycles. The fourth-order valence-corrected chi connectivity index (χ4v) is 2.53. The molecule has 1 saturated heterocycles. The van der Waals surface area contributed by atoms with E-state index in [9.17, 15) is 5.11 Å². The van der Waals surface area contributed by atoms with Crippen molar-refractivity contribution in [1.82, 2.24) is 19.8 Å². The van der Waals surface area contributed by atoms with Crippen LogP contribution < -0.4 is 5.32 Å². The van der Waals surface area contributed by atoms with Crippen LogP contribution in [-0.2, 0) is 13.6 Å². The average molecular weight is 266 g/mol. The number of aromatic nitrogens is 2. The summed E-state index contributed by atoms with van der Waals surface area (Å²) in [4.78, 5) is 6.44. The molecule has 1 unspecified atom stereocenters. The highest BCUT2D eigenvalue weighted by atomic mass is 16.3. The van der Waals surface area contributed by atoms with Crippen LogP contribution in [-0.4, -0.2) is 51.8 Å². The van der Waals surface area contributed by atoms with Gasteiger partial charge in [-0.2, -0.15) is 0 Å². The first kappa shape index (κ1) is 14.5. The fourth-order valence-electron chi connectivity index (χ4n) is 2.53. The number of aryl methyl sites for hydroxylation is 1. The molecule has 0 aromatic carbocycles. The second-order valence-corrected chi connectivity index (χ2v) is 5.76. The highest BCUT2D eigenvalue weighted by Crippen LogP contribution is 2.15. The number of piperidine rings is 1. The lowest BCUT2D eigenvalue weighted by Crippen LogP contribution is -2.41. The highest BCUT2D eigenvalue weighted by Gasteiger charge is 2.17. The van der Waals surface area contributed by atoms with Gasteiger partial charge in [-0.1, -0.05) is 6.92 Å². The molecule has 0 radical (unpaired) electrons. The molecule has 108 valence electrons. The number of nitrogens with zero attached hydrogens (tertiary/aromatic N) is 3. The van der Waals surface area contributed by atoms with Crippen molar-refractivity contribution in [2.45, 2.75) is 32.4 Å². The summed E-state index contributed by atoms with van der Waals surface area (Å²) >= 11 is 0. The Bertz CT molecular complexity index is 371. The fraction of sp³-hybridized carbons (Fsp3) is 0.786. The van der Waals surface area contributed by atoms with Gasteiger partial charge in [-0.25, -0.2) is 4.98 Å². The highest BCUT2D eigenvalue weighted by molar-refractivity contribution is 4.96. The number of hydrogen-bond donors (Lipinski definition) is 2. The molecule has 0 saturated carbocycles. The summed E-state index contributed by atoms with van der Waals surface area (Å²) in [7, 11) is 1.98. The summed E-state index contributed by atoms with van der Waals surface area (Å²) in [6.07, 6.45) is 5.87. The third-order valence-electron chi connectivity index (χ3n) is 3.95. The lowest BCUT2D eigenvalue weighted by atomic mass is 9.99. The van der Waals surface area contributed by atoms with Gasteiger partial charge in [0.2, 0.25) is 0 Å². The van der Waals surface area contributed by atoms with Gasteiger partial charge in [0, 0.05) is 32.9 Å². The second-order valence-electron chi connectivity index (χ2n) is 5.76. The molecule has 2 heterocycles. The number of β-amino-alcohol motifs (C(OH)–C–C–N with tert-alkyl or cyclic N) is 1. The van der Waals surface area contributed by atoms with E-state index in [0.29, 0.717) is 6.54 Å². The van der Waals surface area contributed by atoms with E-state index in [2.05, 4.69) is 22.1 Å². The maximum atomic E-state index is 10.0. The Kier molecular flexibility index (Phi) is 5.36. The first-order chi connectivity index (χ1) is 9.15. The number of likely N-dealkylation sites (tertiary alicyclic amines) is 1. The van der Waals surface area contributed by atoms with Crippen LogP contribution in [0.4, 0.5) is 0 Å². The summed E-state index contributed by atoms with van der Waals surface area (Å²) in [5, 5.41) is 13.3. The molecule has 19 heavy (non-hydrogen) atoms. The van der Waals surface area contributed by atoms with E-state index in [1.165, 1.54) is 12.8 Å². The van der Waals surface area contributed by atoms with E-state index in [1.54, 1.807) is 6.33 Å². The summed E-state index contributed by atoms with van der Waals surface area (Å²) in [5.41, 5.74) is 1.14. The first-order valence-corrected chi connectivity index (χ1v) is 7.21. The van der Waals surface area contributed by atoms with Gasteiger partial charge < -0.3 is 19.9 Å². The predicted octanol–water partition coefficient (Wildman–Crippen LogP) is 0.602. The van der Waals surface area contributed by atoms with Crippen molar-refractivity contribution in [1.29, 1.82) is 0 Å². The van der Waals surface area contributed by atoms with Crippen LogP contribution in [0.3, 0.4) is 0 Å². The normalized spacial score (nSPS) is 19.7. The second kappa shape index (κ2) is 7.03. The van der Waals surface area contributed by atoms with Gasteiger partial charge in [-0.15, -0.1) is 0 Å². The quantitative estimate of drug-likeness (QED) is 0.792. The van der Waals surface area contributed by atoms with Crippen LogP contribution in [0, 0.1) is 5.92 Å². The summed E-state index contributed by atoms with van der Waals surface area (Å²) < 4.78 is 1.99. The van der Waals surface area contributed by atoms with E-state index in [-0.39, 0.29) is 6.10 Å². The summed E-state index contributed by atoms with van der Waals surface area (Å²) in [5.74, 6) is 0.844. The van der Waals surface area contributed by atoms with Crippen molar-refractivity contribution in [3.8, 4) is 0 Å². The third-order valence-corrected chi connectivity index (χ3v) is 3.95. The lowest BCUT2D eigenvalue weighted by Gasteiger charge is -2.31. The van der Waals surface area contributed by atoms with Crippen LogP contribution in [0.1, 0.15) is 25.5 Å². The Morgan fingerprint density at radius 1 is 1.47 bits per heavy atom. The van der Waals surface area contributed by atoms with Crippen molar-refractivity contribution in [3.63, 3.8) is 0 Å². The molecule has 1 atom stereocenters. The number of nitrogens with one attached hydrogen (secondary N) is 1. The molecule has 2 rings (SSSR count). The maximum Gasteiger partial charge on any atom is 0.0945 e. The minimum absolute atomic E-state index is 0.290. The minimum atomic E-state index is -0.290. The van der Waals surface area contributed by atoms with Crippen molar-refractivity contribution < 1.29 is 5.11 Å². The Morgan fingerprint density at radius 2 is 2.21 bits per heavy atom. The molecule has 2 N–H and O–H groups in total. The molecular weight excluding hydrogens is 240 g/mol. The standard InChI is InChI=1S/C14H26N4O/c1-12-3-5-18(6-4-12)10-14(19)9-15-7-13-8-16-11-17(13)2/h8,11-12,14-15,19H,3-7,9-10H2,1-2H3. The van der Waals surface area contributed by atoms with Gasteiger partial charge in [0.1, 0.15) is 0 Å². The SMILES string of the molecule is CC1CCN(CC(O)CNCc2cncn2C)CC1. The van der Waals surface area contributed by atoms with Gasteiger partial charge >= 0.3 is 0 Å². The Balaban J connectivity index is 1.62. The number of rotatable bonds is 6. The van der Waals surface area contributed by atoms with Crippen LogP contribution in [0.25, 0.3) is 0 Å². The number of imidazole rings is 1. The van der Waals surface area contributed by atoms with E-state index in [1.807, 2.05) is 17.8 Å². The van der Waals surface area contributed by atoms with Gasteiger partial charge in [0.05, 0.1) is 18.1 Å². The molecule has 1 aromatic rings. The molecule has 0 spiro atoms. The largest absolute Gasteiger partial charge is 0.390 e. The number of hydrogen-bond acceptors (Lipinski definition) is 4. The Labute approximate surface area is 115 Å². The molecule has 1 aliphatic rings. The third kappa shape index (κ3) is 4.60. The van der Waals surface area contributed by atoms with Crippen molar-refractivity contribution in [3.05, 3.63) is 18.2 Å². The molecule has 0 bridgehead atoms. The van der Waals surface area contributed by atoms with E-state index >= 15 is 0 Å². The zero-order valence-electron chi connectivity index (χ0n) is 12.0. The molecule has 1 fully saturated rings. The zero-order chi connectivity index (χ0) is 13.7. The summed E-state index contributed by atoms with van der Waals surface area (Å²) in [6.45, 7) is 6.73. The van der Waals surface area contributed by atoms with Gasteiger partial charge in [-0.05, 0) is 31.8 Å². The maximum absolute atomic E-state index is 10.0. The van der Waals surface area contributed by atoms with Crippen molar-refractivity contribution in [2.24, 2.45) is 13.0 Å². The molecule has 5 nitrogen and oxygen atoms in total. The van der Waals surface area contributed by atoms with Crippen LogP contribution >= 0.6 is 0 Å².